The summed E-state index contributed by atoms with van der Waals surface area (Å²) in [7, 11) is 0. The molecule has 0 N–H and O–H groups in total. The van der Waals surface area contributed by atoms with E-state index < -0.39 is 0 Å². The van der Waals surface area contributed by atoms with Crippen LogP contribution in [0.4, 0.5) is 0 Å². The van der Waals surface area contributed by atoms with Gasteiger partial charge in [0.05, 0.1) is 6.42 Å². The van der Waals surface area contributed by atoms with Gasteiger partial charge in [-0.3, -0.25) is 4.79 Å². The number of aldehydes is 1. The summed E-state index contributed by atoms with van der Waals surface area (Å²) in [4.78, 5) is 19.2. The summed E-state index contributed by atoms with van der Waals surface area (Å²) < 4.78 is 0. The topological polar surface area (TPSA) is 34.1 Å². The van der Waals surface area contributed by atoms with Gasteiger partial charge in [0.15, 0.2) is 0 Å². The summed E-state index contributed by atoms with van der Waals surface area (Å²) in [5.74, 6) is -0.0787. The maximum atomic E-state index is 9.81. The van der Waals surface area contributed by atoms with Crippen LogP contribution in [0, 0.1) is 0 Å². The van der Waals surface area contributed by atoms with E-state index in [0.29, 0.717) is 6.29 Å². The standard InChI is InChI=1S/C4H6O2.2Na.2H/c1-4(6)2-3-5;;;;/h3H,2H2,1H3;;;;/q;2*+1;2*-1. The number of hydrogen-bond acceptors (Lipinski definition) is 2. The van der Waals surface area contributed by atoms with Crippen molar-refractivity contribution in [2.45, 2.75) is 13.3 Å². The number of carbonyl (C=O) groups excluding carboxylic acids is 2. The van der Waals surface area contributed by atoms with Crippen molar-refractivity contribution in [1.82, 2.24) is 0 Å². The third kappa shape index (κ3) is 15.7. The van der Waals surface area contributed by atoms with Crippen LogP contribution in [0.2, 0.25) is 0 Å². The van der Waals surface area contributed by atoms with Gasteiger partial charge >= 0.3 is 59.1 Å². The minimum atomic E-state index is -0.0787. The molecule has 0 spiro atoms. The van der Waals surface area contributed by atoms with Crippen LogP contribution in [0.25, 0.3) is 0 Å². The van der Waals surface area contributed by atoms with Crippen molar-refractivity contribution in [2.75, 3.05) is 0 Å². The Kier molecular flexibility index (Phi) is 22.6. The molecular weight excluding hydrogens is 126 g/mol. The van der Waals surface area contributed by atoms with Gasteiger partial charge in [0, 0.05) is 0 Å². The summed E-state index contributed by atoms with van der Waals surface area (Å²) in [6.45, 7) is 1.38. The Morgan fingerprint density at radius 3 is 2.00 bits per heavy atom. The van der Waals surface area contributed by atoms with E-state index in [4.69, 9.17) is 0 Å². The summed E-state index contributed by atoms with van der Waals surface area (Å²) in [5, 5.41) is 0. The second-order valence-electron chi connectivity index (χ2n) is 1.07. The van der Waals surface area contributed by atoms with E-state index in [-0.39, 0.29) is 74.2 Å². The molecule has 0 aliphatic heterocycles. The molecule has 0 aromatic rings. The van der Waals surface area contributed by atoms with E-state index in [1.165, 1.54) is 6.92 Å². The molecule has 38 valence electrons. The van der Waals surface area contributed by atoms with Crippen LogP contribution >= 0.6 is 0 Å². The summed E-state index contributed by atoms with van der Waals surface area (Å²) >= 11 is 0. The monoisotopic (exact) mass is 134 g/mol. The number of hydrogen-bond donors (Lipinski definition) is 0. The number of carbonyl (C=O) groups is 2. The van der Waals surface area contributed by atoms with Crippen LogP contribution in [0.1, 0.15) is 16.2 Å². The fourth-order valence-electron chi connectivity index (χ4n) is 0.117. The minimum Gasteiger partial charge on any atom is -1.00 e. The fraction of sp³-hybridized carbons (Fsp3) is 0.500. The van der Waals surface area contributed by atoms with Gasteiger partial charge in [0.25, 0.3) is 0 Å². The zero-order chi connectivity index (χ0) is 4.99. The van der Waals surface area contributed by atoms with Gasteiger partial charge in [-0.25, -0.2) is 0 Å². The first-order valence-corrected chi connectivity index (χ1v) is 1.70. The Morgan fingerprint density at radius 1 is 1.62 bits per heavy atom. The van der Waals surface area contributed by atoms with Crippen molar-refractivity contribution in [2.24, 2.45) is 0 Å². The van der Waals surface area contributed by atoms with Crippen molar-refractivity contribution in [3.63, 3.8) is 0 Å². The van der Waals surface area contributed by atoms with Crippen molar-refractivity contribution < 1.29 is 71.6 Å². The fourth-order valence-corrected chi connectivity index (χ4v) is 0.117. The minimum absolute atomic E-state index is 0. The van der Waals surface area contributed by atoms with Gasteiger partial charge in [-0.1, -0.05) is 0 Å². The zero-order valence-electron chi connectivity index (χ0n) is 7.60. The molecule has 4 heteroatoms. The van der Waals surface area contributed by atoms with E-state index in [9.17, 15) is 9.59 Å². The molecule has 8 heavy (non-hydrogen) atoms. The largest absolute Gasteiger partial charge is 1.00 e. The van der Waals surface area contributed by atoms with Crippen LogP contribution in [0.15, 0.2) is 0 Å². The maximum Gasteiger partial charge on any atom is 1.00 e. The Balaban J connectivity index is -0.0000000208. The molecule has 0 aromatic carbocycles. The molecule has 0 aromatic heterocycles. The number of ketones is 1. The maximum absolute atomic E-state index is 9.81. The van der Waals surface area contributed by atoms with Crippen LogP contribution in [0.5, 0.6) is 0 Å². The second-order valence-corrected chi connectivity index (χ2v) is 1.07. The van der Waals surface area contributed by atoms with Crippen LogP contribution in [-0.2, 0) is 9.59 Å². The molecule has 0 saturated heterocycles. The van der Waals surface area contributed by atoms with Crippen molar-refractivity contribution >= 4 is 12.1 Å². The van der Waals surface area contributed by atoms with E-state index in [0.717, 1.165) is 0 Å². The van der Waals surface area contributed by atoms with Crippen molar-refractivity contribution in [3.05, 3.63) is 0 Å². The SMILES string of the molecule is CC(=O)CC=O.[H-].[H-].[Na+].[Na+]. The van der Waals surface area contributed by atoms with Crippen LogP contribution in [0.3, 0.4) is 0 Å². The predicted octanol–water partition coefficient (Wildman–Crippen LogP) is -5.60. The zero-order valence-corrected chi connectivity index (χ0v) is 9.60. The molecule has 0 bridgehead atoms. The average molecular weight is 134 g/mol. The summed E-state index contributed by atoms with van der Waals surface area (Å²) in [6, 6.07) is 0. The van der Waals surface area contributed by atoms with Gasteiger partial charge in [0.2, 0.25) is 0 Å². The first kappa shape index (κ1) is 16.2. The van der Waals surface area contributed by atoms with Gasteiger partial charge in [-0.05, 0) is 6.92 Å². The first-order chi connectivity index (χ1) is 2.77. The Hall–Kier alpha value is 1.34. The molecule has 2 nitrogen and oxygen atoms in total. The Labute approximate surface area is 96.0 Å². The summed E-state index contributed by atoms with van der Waals surface area (Å²) in [6.07, 6.45) is 0.655. The number of Topliss-reactive ketones (excluding diaryl/α,β-unsaturated/α-hetero) is 1. The van der Waals surface area contributed by atoms with E-state index in [2.05, 4.69) is 0 Å². The molecule has 0 atom stereocenters. The summed E-state index contributed by atoms with van der Waals surface area (Å²) in [5.41, 5.74) is 0. The molecule has 0 unspecified atom stereocenters. The number of rotatable bonds is 2. The predicted molar refractivity (Wildman–Crippen MR) is 23.6 cm³/mol. The van der Waals surface area contributed by atoms with Gasteiger partial charge < -0.3 is 7.65 Å². The van der Waals surface area contributed by atoms with Crippen molar-refractivity contribution in [3.8, 4) is 0 Å². The smallest absolute Gasteiger partial charge is 1.00 e. The normalized spacial score (nSPS) is 5.62. The van der Waals surface area contributed by atoms with Gasteiger partial charge in [-0.15, -0.1) is 0 Å². The van der Waals surface area contributed by atoms with E-state index in [1.807, 2.05) is 0 Å². The third-order valence-electron chi connectivity index (χ3n) is 0.371. The second kappa shape index (κ2) is 11.2. The van der Waals surface area contributed by atoms with Gasteiger partial charge in [-0.2, -0.15) is 0 Å². The molecule has 0 rings (SSSR count). The quantitative estimate of drug-likeness (QED) is 0.214. The molecule has 0 aliphatic rings. The molecule has 0 saturated carbocycles. The molecule has 0 radical (unpaired) electrons. The van der Waals surface area contributed by atoms with Crippen LogP contribution < -0.4 is 59.1 Å². The molecule has 0 amide bonds. The van der Waals surface area contributed by atoms with Crippen LogP contribution in [-0.4, -0.2) is 12.1 Å². The average Bonchev–Trinajstić information content (AvgIpc) is 1.35. The third-order valence-corrected chi connectivity index (χ3v) is 0.371. The first-order valence-electron chi connectivity index (χ1n) is 1.70. The molecule has 0 fully saturated rings. The molecule has 0 heterocycles. The Bertz CT molecular complexity index is 79.7. The Morgan fingerprint density at radius 2 is 2.00 bits per heavy atom. The molecular formula is C4H8Na2O2. The van der Waals surface area contributed by atoms with Gasteiger partial charge in [0.1, 0.15) is 12.1 Å². The van der Waals surface area contributed by atoms with E-state index >= 15 is 0 Å². The molecule has 0 aliphatic carbocycles. The van der Waals surface area contributed by atoms with Crippen molar-refractivity contribution in [1.29, 1.82) is 0 Å². The van der Waals surface area contributed by atoms with E-state index in [1.54, 1.807) is 0 Å².